The molecule has 4 rings (SSSR count). The number of fused-ring (bicyclic) bond motifs is 1. The van der Waals surface area contributed by atoms with Crippen LogP contribution in [0.15, 0.2) is 36.2 Å². The molecule has 1 saturated heterocycles. The highest BCUT2D eigenvalue weighted by Crippen LogP contribution is 2.37. The fraction of sp³-hybridized carbons (Fsp3) is 0.455. The highest BCUT2D eigenvalue weighted by Gasteiger charge is 2.32. The summed E-state index contributed by atoms with van der Waals surface area (Å²) < 4.78 is 7.28. The molecule has 0 bridgehead atoms. The van der Waals surface area contributed by atoms with Crippen molar-refractivity contribution in [3.05, 3.63) is 46.8 Å². The Balaban J connectivity index is 1.69. The van der Waals surface area contributed by atoms with Gasteiger partial charge in [0.1, 0.15) is 5.75 Å². The summed E-state index contributed by atoms with van der Waals surface area (Å²) in [6, 6.07) is 5.63. The van der Waals surface area contributed by atoms with Gasteiger partial charge in [0.05, 0.1) is 29.1 Å². The van der Waals surface area contributed by atoms with Crippen LogP contribution in [0.4, 0.5) is 0 Å². The van der Waals surface area contributed by atoms with Crippen molar-refractivity contribution in [2.24, 2.45) is 13.0 Å². The lowest BCUT2D eigenvalue weighted by Crippen LogP contribution is -2.39. The van der Waals surface area contributed by atoms with Crippen molar-refractivity contribution in [2.45, 2.75) is 39.0 Å². The van der Waals surface area contributed by atoms with Gasteiger partial charge >= 0.3 is 0 Å². The molecule has 1 atom stereocenters. The molecule has 1 amide bonds. The number of halogens is 1. The molecule has 148 valence electrons. The molecule has 0 radical (unpaired) electrons. The van der Waals surface area contributed by atoms with E-state index in [-0.39, 0.29) is 5.91 Å². The normalized spacial score (nSPS) is 19.2. The summed E-state index contributed by atoms with van der Waals surface area (Å²) in [7, 11) is 1.86. The Bertz CT molecular complexity index is 919. The average Bonchev–Trinajstić information content (AvgIpc) is 3.10. The van der Waals surface area contributed by atoms with Crippen molar-refractivity contribution < 1.29 is 9.53 Å². The first kappa shape index (κ1) is 19.1. The highest BCUT2D eigenvalue weighted by atomic mass is 35.5. The second-order valence-corrected chi connectivity index (χ2v) is 7.87. The number of ether oxygens (including phenoxy) is 1. The third kappa shape index (κ3) is 3.44. The minimum Gasteiger partial charge on any atom is -0.492 e. The molecule has 1 aromatic heterocycles. The minimum absolute atomic E-state index is 0.0333. The molecule has 2 heterocycles. The Kier molecular flexibility index (Phi) is 5.44. The molecule has 28 heavy (non-hydrogen) atoms. The molecular formula is C22H26ClN3O2. The number of hydrogen-bond acceptors (Lipinski definition) is 3. The Hall–Kier alpha value is -2.27. The van der Waals surface area contributed by atoms with Crippen molar-refractivity contribution in [3.8, 4) is 17.0 Å². The van der Waals surface area contributed by atoms with Gasteiger partial charge in [0, 0.05) is 24.9 Å². The Labute approximate surface area is 170 Å². The zero-order valence-corrected chi connectivity index (χ0v) is 17.2. The van der Waals surface area contributed by atoms with Gasteiger partial charge in [-0.3, -0.25) is 9.48 Å². The van der Waals surface area contributed by atoms with Crippen molar-refractivity contribution in [3.63, 3.8) is 0 Å². The fourth-order valence-corrected chi connectivity index (χ4v) is 4.63. The maximum atomic E-state index is 13.5. The number of benzene rings is 1. The van der Waals surface area contributed by atoms with Gasteiger partial charge in [-0.2, -0.15) is 5.10 Å². The summed E-state index contributed by atoms with van der Waals surface area (Å²) in [5.41, 5.74) is 3.48. The Morgan fingerprint density at radius 1 is 1.32 bits per heavy atom. The molecule has 1 aliphatic heterocycles. The number of rotatable bonds is 4. The van der Waals surface area contributed by atoms with Crippen LogP contribution < -0.4 is 4.74 Å². The van der Waals surface area contributed by atoms with Crippen LogP contribution in [-0.2, 0) is 7.05 Å². The zero-order chi connectivity index (χ0) is 19.7. The average molecular weight is 400 g/mol. The number of aromatic nitrogens is 2. The zero-order valence-electron chi connectivity index (χ0n) is 16.4. The van der Waals surface area contributed by atoms with Gasteiger partial charge in [0.15, 0.2) is 0 Å². The van der Waals surface area contributed by atoms with Gasteiger partial charge in [0.2, 0.25) is 0 Å². The third-order valence-corrected chi connectivity index (χ3v) is 5.99. The quantitative estimate of drug-likeness (QED) is 0.721. The minimum atomic E-state index is 0.0333. The van der Waals surface area contributed by atoms with E-state index < -0.39 is 0 Å². The maximum absolute atomic E-state index is 13.5. The monoisotopic (exact) mass is 399 g/mol. The Morgan fingerprint density at radius 2 is 2.14 bits per heavy atom. The van der Waals surface area contributed by atoms with Gasteiger partial charge in [-0.1, -0.05) is 17.7 Å². The van der Waals surface area contributed by atoms with Crippen molar-refractivity contribution in [2.75, 3.05) is 13.2 Å². The predicted molar refractivity (Wildman–Crippen MR) is 111 cm³/mol. The standard InChI is InChI=1S/C22H26ClN3O2/c1-3-28-20-11-10-16(13-18(20)23)21-17(14-24-25(21)2)22(27)26-12-6-8-15-7-4-5-9-19(15)26/h9-11,13-15H,3-8,12H2,1-2H3. The van der Waals surface area contributed by atoms with E-state index in [0.717, 1.165) is 30.6 Å². The van der Waals surface area contributed by atoms with E-state index >= 15 is 0 Å². The van der Waals surface area contributed by atoms with Crippen LogP contribution >= 0.6 is 11.6 Å². The molecule has 2 aromatic rings. The third-order valence-electron chi connectivity index (χ3n) is 5.69. The first-order valence-electron chi connectivity index (χ1n) is 10.1. The molecule has 0 N–H and O–H groups in total. The van der Waals surface area contributed by atoms with Crippen molar-refractivity contribution in [1.82, 2.24) is 14.7 Å². The van der Waals surface area contributed by atoms with E-state index in [1.807, 2.05) is 37.1 Å². The van der Waals surface area contributed by atoms with Gasteiger partial charge in [-0.05, 0) is 63.1 Å². The number of allylic oxidation sites excluding steroid dienone is 2. The number of nitrogens with zero attached hydrogens (tertiary/aromatic N) is 3. The van der Waals surface area contributed by atoms with Gasteiger partial charge in [-0.15, -0.1) is 0 Å². The number of amides is 1. The second kappa shape index (κ2) is 8.00. The van der Waals surface area contributed by atoms with Gasteiger partial charge < -0.3 is 9.64 Å². The molecule has 1 fully saturated rings. The van der Waals surface area contributed by atoms with Crippen LogP contribution in [-0.4, -0.2) is 33.7 Å². The van der Waals surface area contributed by atoms with E-state index in [9.17, 15) is 4.79 Å². The topological polar surface area (TPSA) is 47.4 Å². The lowest BCUT2D eigenvalue weighted by atomic mass is 9.84. The fourth-order valence-electron chi connectivity index (χ4n) is 4.40. The molecule has 0 spiro atoms. The summed E-state index contributed by atoms with van der Waals surface area (Å²) in [5.74, 6) is 1.20. The number of hydrogen-bond donors (Lipinski definition) is 0. The van der Waals surface area contributed by atoms with Gasteiger partial charge in [0.25, 0.3) is 5.91 Å². The number of aryl methyl sites for hydroxylation is 1. The number of carbonyl (C=O) groups is 1. The molecule has 1 unspecified atom stereocenters. The van der Waals surface area contributed by atoms with E-state index in [1.165, 1.54) is 25.0 Å². The van der Waals surface area contributed by atoms with Crippen LogP contribution in [0.3, 0.4) is 0 Å². The largest absolute Gasteiger partial charge is 0.492 e. The number of piperidine rings is 1. The van der Waals surface area contributed by atoms with Crippen molar-refractivity contribution in [1.29, 1.82) is 0 Å². The lowest BCUT2D eigenvalue weighted by Gasteiger charge is -2.38. The molecule has 1 aliphatic carbocycles. The van der Waals surface area contributed by atoms with Crippen LogP contribution in [0.1, 0.15) is 49.4 Å². The predicted octanol–water partition coefficient (Wildman–Crippen LogP) is 5.06. The van der Waals surface area contributed by atoms with E-state index in [4.69, 9.17) is 16.3 Å². The first-order chi connectivity index (χ1) is 13.6. The summed E-state index contributed by atoms with van der Waals surface area (Å²) >= 11 is 6.39. The molecule has 5 nitrogen and oxygen atoms in total. The summed E-state index contributed by atoms with van der Waals surface area (Å²) in [6.07, 6.45) is 9.64. The highest BCUT2D eigenvalue weighted by molar-refractivity contribution is 6.32. The number of likely N-dealkylation sites (tertiary alicyclic amines) is 1. The van der Waals surface area contributed by atoms with Crippen LogP contribution in [0.5, 0.6) is 5.75 Å². The molecule has 6 heteroatoms. The van der Waals surface area contributed by atoms with E-state index in [2.05, 4.69) is 11.2 Å². The number of carbonyl (C=O) groups excluding carboxylic acids is 1. The maximum Gasteiger partial charge on any atom is 0.261 e. The second-order valence-electron chi connectivity index (χ2n) is 7.46. The Morgan fingerprint density at radius 3 is 2.93 bits per heavy atom. The van der Waals surface area contributed by atoms with Gasteiger partial charge in [-0.25, -0.2) is 0 Å². The van der Waals surface area contributed by atoms with E-state index in [1.54, 1.807) is 10.9 Å². The molecule has 0 saturated carbocycles. The lowest BCUT2D eigenvalue weighted by molar-refractivity contribution is 0.0749. The van der Waals surface area contributed by atoms with Crippen LogP contribution in [0.25, 0.3) is 11.3 Å². The summed E-state index contributed by atoms with van der Waals surface area (Å²) in [4.78, 5) is 15.5. The molecule has 2 aliphatic rings. The molecule has 1 aromatic carbocycles. The van der Waals surface area contributed by atoms with Crippen LogP contribution in [0, 0.1) is 5.92 Å². The first-order valence-corrected chi connectivity index (χ1v) is 10.4. The summed E-state index contributed by atoms with van der Waals surface area (Å²) in [6.45, 7) is 3.26. The SMILES string of the molecule is CCOc1ccc(-c2c(C(=O)N3CCCC4CCCC=C43)cnn2C)cc1Cl. The smallest absolute Gasteiger partial charge is 0.261 e. The van der Waals surface area contributed by atoms with E-state index in [0.29, 0.717) is 28.9 Å². The summed E-state index contributed by atoms with van der Waals surface area (Å²) in [5, 5.41) is 4.91. The van der Waals surface area contributed by atoms with Crippen molar-refractivity contribution >= 4 is 17.5 Å². The molecular weight excluding hydrogens is 374 g/mol. The van der Waals surface area contributed by atoms with Crippen LogP contribution in [0.2, 0.25) is 5.02 Å².